The molecule has 0 aliphatic heterocycles. The Hall–Kier alpha value is -2.02. The summed E-state index contributed by atoms with van der Waals surface area (Å²) in [6.45, 7) is 0. The zero-order chi connectivity index (χ0) is 13.1. The highest BCUT2D eigenvalue weighted by atomic mass is 14.6. The molecule has 0 saturated carbocycles. The fourth-order valence-electron chi connectivity index (χ4n) is 2.80. The van der Waals surface area contributed by atoms with E-state index < -0.39 is 0 Å². The Morgan fingerprint density at radius 2 is 1.79 bits per heavy atom. The van der Waals surface area contributed by atoms with Crippen LogP contribution in [0.1, 0.15) is 24.8 Å². The maximum atomic E-state index is 6.05. The van der Waals surface area contributed by atoms with Crippen LogP contribution in [0.15, 0.2) is 65.9 Å². The molecule has 1 nitrogen and oxygen atoms in total. The second kappa shape index (κ2) is 5.31. The first-order chi connectivity index (χ1) is 9.34. The molecule has 1 aliphatic rings. The van der Waals surface area contributed by atoms with Gasteiger partial charge in [0, 0.05) is 5.70 Å². The topological polar surface area (TPSA) is 26.0 Å². The van der Waals surface area contributed by atoms with Gasteiger partial charge in [-0.05, 0) is 53.7 Å². The fourth-order valence-corrected chi connectivity index (χ4v) is 2.80. The highest BCUT2D eigenvalue weighted by molar-refractivity contribution is 5.85. The van der Waals surface area contributed by atoms with E-state index >= 15 is 0 Å². The van der Waals surface area contributed by atoms with Crippen molar-refractivity contribution in [3.8, 4) is 0 Å². The zero-order valence-corrected chi connectivity index (χ0v) is 11.1. The van der Waals surface area contributed by atoms with Gasteiger partial charge in [-0.2, -0.15) is 0 Å². The van der Waals surface area contributed by atoms with Gasteiger partial charge in [-0.3, -0.25) is 0 Å². The lowest BCUT2D eigenvalue weighted by atomic mass is 9.94. The van der Waals surface area contributed by atoms with Gasteiger partial charge < -0.3 is 5.73 Å². The van der Waals surface area contributed by atoms with E-state index in [9.17, 15) is 0 Å². The molecular weight excluding hydrogens is 230 g/mol. The molecule has 96 valence electrons. The summed E-state index contributed by atoms with van der Waals surface area (Å²) in [5.41, 5.74) is 9.86. The Kier molecular flexibility index (Phi) is 3.37. The normalized spacial score (nSPS) is 15.2. The monoisotopic (exact) mass is 249 g/mol. The average molecular weight is 249 g/mol. The van der Waals surface area contributed by atoms with Crippen LogP contribution in [-0.4, -0.2) is 0 Å². The minimum Gasteiger partial charge on any atom is -0.399 e. The zero-order valence-electron chi connectivity index (χ0n) is 11.1. The number of nitrogens with two attached hydrogens (primary N) is 1. The molecule has 2 aromatic carbocycles. The van der Waals surface area contributed by atoms with Gasteiger partial charge in [0.05, 0.1) is 0 Å². The van der Waals surface area contributed by atoms with Crippen molar-refractivity contribution in [2.24, 2.45) is 5.73 Å². The molecule has 0 radical (unpaired) electrons. The van der Waals surface area contributed by atoms with E-state index in [1.807, 2.05) is 0 Å². The second-order valence-corrected chi connectivity index (χ2v) is 5.14. The summed E-state index contributed by atoms with van der Waals surface area (Å²) in [4.78, 5) is 0. The van der Waals surface area contributed by atoms with Crippen LogP contribution in [0.4, 0.5) is 0 Å². The molecule has 3 rings (SSSR count). The Balaban J connectivity index is 1.84. The van der Waals surface area contributed by atoms with E-state index in [1.54, 1.807) is 0 Å². The van der Waals surface area contributed by atoms with Crippen LogP contribution >= 0.6 is 0 Å². The number of rotatable bonds is 3. The lowest BCUT2D eigenvalue weighted by Crippen LogP contribution is -2.04. The standard InChI is InChI=1S/C18H19N/c19-18-11-4-2-7-16(18)13-12-15-9-5-8-14-6-1-3-10-17(14)15/h1,3-6,8-11H,2,7,12-13,19H2. The highest BCUT2D eigenvalue weighted by Gasteiger charge is 2.07. The van der Waals surface area contributed by atoms with Crippen molar-refractivity contribution < 1.29 is 0 Å². The molecule has 0 saturated heterocycles. The Morgan fingerprint density at radius 1 is 0.947 bits per heavy atom. The Labute approximate surface area is 114 Å². The summed E-state index contributed by atoms with van der Waals surface area (Å²) in [7, 11) is 0. The summed E-state index contributed by atoms with van der Waals surface area (Å²) < 4.78 is 0. The van der Waals surface area contributed by atoms with Gasteiger partial charge in [-0.25, -0.2) is 0 Å². The van der Waals surface area contributed by atoms with E-state index in [0.717, 1.165) is 31.4 Å². The van der Waals surface area contributed by atoms with Crippen molar-refractivity contribution in [2.75, 3.05) is 0 Å². The number of allylic oxidation sites excluding steroid dienone is 3. The molecule has 2 aromatic rings. The van der Waals surface area contributed by atoms with Gasteiger partial charge in [0.1, 0.15) is 0 Å². The molecule has 0 heterocycles. The van der Waals surface area contributed by atoms with Gasteiger partial charge in [0.2, 0.25) is 0 Å². The van der Waals surface area contributed by atoms with Gasteiger partial charge in [0.25, 0.3) is 0 Å². The van der Waals surface area contributed by atoms with Crippen molar-refractivity contribution in [1.82, 2.24) is 0 Å². The van der Waals surface area contributed by atoms with E-state index in [2.05, 4.69) is 54.6 Å². The number of hydrogen-bond donors (Lipinski definition) is 1. The molecule has 0 atom stereocenters. The predicted molar refractivity (Wildman–Crippen MR) is 81.9 cm³/mol. The molecule has 1 aliphatic carbocycles. The fraction of sp³-hybridized carbons (Fsp3) is 0.222. The molecule has 0 bridgehead atoms. The van der Waals surface area contributed by atoms with Crippen LogP contribution in [0.5, 0.6) is 0 Å². The summed E-state index contributed by atoms with van der Waals surface area (Å²) >= 11 is 0. The van der Waals surface area contributed by atoms with Crippen molar-refractivity contribution in [2.45, 2.75) is 25.7 Å². The summed E-state index contributed by atoms with van der Waals surface area (Å²) in [6.07, 6.45) is 8.62. The largest absolute Gasteiger partial charge is 0.399 e. The smallest absolute Gasteiger partial charge is 0.0302 e. The SMILES string of the molecule is NC1=C(CCc2cccc3ccccc23)CCC=C1. The average Bonchev–Trinajstić information content (AvgIpc) is 2.46. The Bertz CT molecular complexity index is 644. The van der Waals surface area contributed by atoms with Crippen LogP contribution < -0.4 is 5.73 Å². The molecule has 0 fully saturated rings. The minimum atomic E-state index is 0.978. The molecular formula is C18H19N. The van der Waals surface area contributed by atoms with E-state index in [-0.39, 0.29) is 0 Å². The molecule has 2 N–H and O–H groups in total. The van der Waals surface area contributed by atoms with Crippen LogP contribution in [0.2, 0.25) is 0 Å². The van der Waals surface area contributed by atoms with E-state index in [4.69, 9.17) is 5.73 Å². The maximum Gasteiger partial charge on any atom is 0.0302 e. The third kappa shape index (κ3) is 2.55. The second-order valence-electron chi connectivity index (χ2n) is 5.14. The first kappa shape index (κ1) is 12.0. The van der Waals surface area contributed by atoms with Crippen molar-refractivity contribution in [1.29, 1.82) is 0 Å². The molecule has 0 spiro atoms. The number of fused-ring (bicyclic) bond motifs is 1. The molecule has 0 unspecified atom stereocenters. The minimum absolute atomic E-state index is 0.978. The van der Waals surface area contributed by atoms with Crippen LogP contribution in [0.3, 0.4) is 0 Å². The van der Waals surface area contributed by atoms with Crippen LogP contribution in [0.25, 0.3) is 10.8 Å². The Morgan fingerprint density at radius 3 is 2.68 bits per heavy atom. The van der Waals surface area contributed by atoms with Crippen LogP contribution in [-0.2, 0) is 6.42 Å². The lowest BCUT2D eigenvalue weighted by Gasteiger charge is -2.13. The number of benzene rings is 2. The first-order valence-electron chi connectivity index (χ1n) is 6.95. The van der Waals surface area contributed by atoms with Crippen molar-refractivity contribution >= 4 is 10.8 Å². The number of aryl methyl sites for hydroxylation is 1. The highest BCUT2D eigenvalue weighted by Crippen LogP contribution is 2.24. The quantitative estimate of drug-likeness (QED) is 0.860. The third-order valence-electron chi connectivity index (χ3n) is 3.89. The van der Waals surface area contributed by atoms with Gasteiger partial charge >= 0.3 is 0 Å². The van der Waals surface area contributed by atoms with E-state index in [0.29, 0.717) is 0 Å². The van der Waals surface area contributed by atoms with Crippen molar-refractivity contribution in [3.63, 3.8) is 0 Å². The van der Waals surface area contributed by atoms with Gasteiger partial charge in [-0.1, -0.05) is 48.5 Å². The summed E-state index contributed by atoms with van der Waals surface area (Å²) in [6, 6.07) is 15.2. The third-order valence-corrected chi connectivity index (χ3v) is 3.89. The predicted octanol–water partition coefficient (Wildman–Crippen LogP) is 4.34. The number of hydrogen-bond acceptors (Lipinski definition) is 1. The summed E-state index contributed by atoms with van der Waals surface area (Å²) in [5, 5.41) is 2.70. The van der Waals surface area contributed by atoms with E-state index in [1.165, 1.54) is 21.9 Å². The molecule has 0 amide bonds. The molecule has 1 heteroatoms. The van der Waals surface area contributed by atoms with Crippen LogP contribution in [0, 0.1) is 0 Å². The lowest BCUT2D eigenvalue weighted by molar-refractivity contribution is 0.823. The molecule has 19 heavy (non-hydrogen) atoms. The molecule has 0 aromatic heterocycles. The van der Waals surface area contributed by atoms with Gasteiger partial charge in [-0.15, -0.1) is 0 Å². The maximum absolute atomic E-state index is 6.05. The van der Waals surface area contributed by atoms with Crippen molar-refractivity contribution in [3.05, 3.63) is 71.5 Å². The summed E-state index contributed by atoms with van der Waals surface area (Å²) in [5.74, 6) is 0. The van der Waals surface area contributed by atoms with Gasteiger partial charge in [0.15, 0.2) is 0 Å². The first-order valence-corrected chi connectivity index (χ1v) is 6.95.